The molecular weight excluding hydrogens is 400 g/mol. The summed E-state index contributed by atoms with van der Waals surface area (Å²) in [6.45, 7) is 9.20. The van der Waals surface area contributed by atoms with Gasteiger partial charge in [0, 0.05) is 6.42 Å². The molecule has 0 radical (unpaired) electrons. The van der Waals surface area contributed by atoms with Crippen LogP contribution in [0.3, 0.4) is 0 Å². The third-order valence-electron chi connectivity index (χ3n) is 4.18. The van der Waals surface area contributed by atoms with Crippen LogP contribution < -0.4 is 18.3 Å². The lowest BCUT2D eigenvalue weighted by atomic mass is 10.1. The number of carbonyl (C=O) groups is 1. The SMILES string of the molecule is C=CCc1ccc(O[SiH](OC(=O)CC)Oc2ccc(CC=C)cc2OC)c(OC)c1. The number of ether oxygens (including phenoxy) is 2. The molecule has 2 rings (SSSR count). The van der Waals surface area contributed by atoms with E-state index in [-0.39, 0.29) is 6.42 Å². The van der Waals surface area contributed by atoms with E-state index in [0.29, 0.717) is 35.8 Å². The fourth-order valence-electron chi connectivity index (χ4n) is 2.68. The summed E-state index contributed by atoms with van der Waals surface area (Å²) >= 11 is 0. The molecule has 0 aliphatic heterocycles. The molecule has 0 bridgehead atoms. The van der Waals surface area contributed by atoms with Gasteiger partial charge < -0.3 is 22.8 Å². The summed E-state index contributed by atoms with van der Waals surface area (Å²) in [6, 6.07) is 11.1. The van der Waals surface area contributed by atoms with Gasteiger partial charge in [0.15, 0.2) is 23.0 Å². The Kier molecular flexibility index (Phi) is 9.02. The maximum Gasteiger partial charge on any atom is 0.685 e. The molecule has 0 atom stereocenters. The minimum Gasteiger partial charge on any atom is -0.493 e. The summed E-state index contributed by atoms with van der Waals surface area (Å²) in [5.74, 6) is 1.52. The number of hydrogen-bond donors (Lipinski definition) is 0. The van der Waals surface area contributed by atoms with Crippen LogP contribution >= 0.6 is 0 Å². The van der Waals surface area contributed by atoms with E-state index in [1.807, 2.05) is 24.3 Å². The van der Waals surface area contributed by atoms with Gasteiger partial charge in [-0.2, -0.15) is 0 Å². The molecule has 0 amide bonds. The van der Waals surface area contributed by atoms with Gasteiger partial charge in [0.25, 0.3) is 5.97 Å². The Morgan fingerprint density at radius 2 is 1.33 bits per heavy atom. The lowest BCUT2D eigenvalue weighted by molar-refractivity contribution is -0.136. The molecule has 0 aliphatic rings. The molecule has 2 aromatic rings. The zero-order valence-corrected chi connectivity index (χ0v) is 18.8. The molecule has 0 fully saturated rings. The van der Waals surface area contributed by atoms with E-state index >= 15 is 0 Å². The molecule has 0 aromatic heterocycles. The van der Waals surface area contributed by atoms with Crippen LogP contribution in [-0.4, -0.2) is 29.7 Å². The maximum atomic E-state index is 12.0. The van der Waals surface area contributed by atoms with Crippen molar-refractivity contribution in [3.8, 4) is 23.0 Å². The second-order valence-corrected chi connectivity index (χ2v) is 7.61. The van der Waals surface area contributed by atoms with Gasteiger partial charge in [-0.05, 0) is 48.2 Å². The molecule has 7 heteroatoms. The fraction of sp³-hybridized carbons (Fsp3) is 0.261. The van der Waals surface area contributed by atoms with Crippen LogP contribution in [0, 0.1) is 0 Å². The molecule has 0 spiro atoms. The van der Waals surface area contributed by atoms with Gasteiger partial charge >= 0.3 is 9.53 Å². The lowest BCUT2D eigenvalue weighted by Crippen LogP contribution is -2.36. The minimum atomic E-state index is -2.96. The van der Waals surface area contributed by atoms with Crippen molar-refractivity contribution >= 4 is 15.5 Å². The van der Waals surface area contributed by atoms with E-state index in [1.54, 1.807) is 45.4 Å². The highest BCUT2D eigenvalue weighted by Gasteiger charge is 2.27. The Morgan fingerprint density at radius 3 is 1.70 bits per heavy atom. The average molecular weight is 429 g/mol. The number of hydrogen-bond acceptors (Lipinski definition) is 6. The number of allylic oxidation sites excluding steroid dienone is 2. The summed E-state index contributed by atoms with van der Waals surface area (Å²) in [5, 5.41) is 0. The predicted octanol–water partition coefficient (Wildman–Crippen LogP) is 4.29. The van der Waals surface area contributed by atoms with Crippen LogP contribution in [0.5, 0.6) is 23.0 Å². The standard InChI is InChI=1S/C23H28O6Si/c1-6-9-17-11-13-19(21(15-17)25-4)27-30(29-23(24)8-3)28-20-14-12-18(10-7-2)16-22(20)26-5/h6-7,11-16,30H,1-2,8-10H2,3-5H3. The van der Waals surface area contributed by atoms with Gasteiger partial charge in [0.05, 0.1) is 14.2 Å². The smallest absolute Gasteiger partial charge is 0.493 e. The first-order valence-corrected chi connectivity index (χ1v) is 11.0. The number of rotatable bonds is 12. The summed E-state index contributed by atoms with van der Waals surface area (Å²) < 4.78 is 28.3. The molecule has 0 heterocycles. The van der Waals surface area contributed by atoms with Crippen molar-refractivity contribution in [1.82, 2.24) is 0 Å². The third kappa shape index (κ3) is 6.42. The fourth-order valence-corrected chi connectivity index (χ4v) is 4.01. The quantitative estimate of drug-likeness (QED) is 0.371. The highest BCUT2D eigenvalue weighted by molar-refractivity contribution is 6.41. The summed E-state index contributed by atoms with van der Waals surface area (Å²) in [7, 11) is 0.144. The first-order chi connectivity index (χ1) is 14.5. The lowest BCUT2D eigenvalue weighted by Gasteiger charge is -2.21. The van der Waals surface area contributed by atoms with E-state index in [0.717, 1.165) is 11.1 Å². The highest BCUT2D eigenvalue weighted by atomic mass is 28.3. The van der Waals surface area contributed by atoms with Gasteiger partial charge in [-0.25, -0.2) is 0 Å². The molecular formula is C23H28O6Si. The first-order valence-electron chi connectivity index (χ1n) is 9.63. The van der Waals surface area contributed by atoms with E-state index in [2.05, 4.69) is 13.2 Å². The van der Waals surface area contributed by atoms with Crippen LogP contribution in [0.2, 0.25) is 0 Å². The van der Waals surface area contributed by atoms with Crippen LogP contribution in [0.1, 0.15) is 24.5 Å². The zero-order valence-electron chi connectivity index (χ0n) is 17.7. The van der Waals surface area contributed by atoms with Gasteiger partial charge in [-0.15, -0.1) is 13.2 Å². The normalized spacial score (nSPS) is 10.3. The van der Waals surface area contributed by atoms with Crippen molar-refractivity contribution in [2.24, 2.45) is 0 Å². The van der Waals surface area contributed by atoms with Gasteiger partial charge in [0.2, 0.25) is 0 Å². The maximum absolute atomic E-state index is 12.0. The molecule has 160 valence electrons. The van der Waals surface area contributed by atoms with E-state index < -0.39 is 15.5 Å². The zero-order chi connectivity index (χ0) is 21.9. The van der Waals surface area contributed by atoms with Crippen molar-refractivity contribution < 1.29 is 27.5 Å². The Balaban J connectivity index is 2.30. The Labute approximate surface area is 179 Å². The third-order valence-corrected chi connectivity index (χ3v) is 5.53. The van der Waals surface area contributed by atoms with Crippen LogP contribution in [0.25, 0.3) is 0 Å². The van der Waals surface area contributed by atoms with Gasteiger partial charge in [0.1, 0.15) is 0 Å². The van der Waals surface area contributed by atoms with E-state index in [9.17, 15) is 4.79 Å². The minimum absolute atomic E-state index is 0.209. The summed E-state index contributed by atoms with van der Waals surface area (Å²) in [4.78, 5) is 12.0. The Bertz CT molecular complexity index is 816. The predicted molar refractivity (Wildman–Crippen MR) is 119 cm³/mol. The molecule has 0 aliphatic carbocycles. The monoisotopic (exact) mass is 428 g/mol. The highest BCUT2D eigenvalue weighted by Crippen LogP contribution is 2.32. The number of methoxy groups -OCH3 is 2. The summed E-state index contributed by atoms with van der Waals surface area (Å²) in [5.41, 5.74) is 2.05. The average Bonchev–Trinajstić information content (AvgIpc) is 2.75. The van der Waals surface area contributed by atoms with E-state index in [4.69, 9.17) is 22.8 Å². The number of benzene rings is 2. The van der Waals surface area contributed by atoms with Crippen LogP contribution in [-0.2, 0) is 22.1 Å². The Morgan fingerprint density at radius 1 is 0.867 bits per heavy atom. The second-order valence-electron chi connectivity index (χ2n) is 6.32. The molecule has 2 aromatic carbocycles. The van der Waals surface area contributed by atoms with E-state index in [1.165, 1.54) is 0 Å². The van der Waals surface area contributed by atoms with Crippen molar-refractivity contribution in [3.05, 3.63) is 72.8 Å². The first kappa shape index (κ1) is 23.1. The van der Waals surface area contributed by atoms with Crippen molar-refractivity contribution in [3.63, 3.8) is 0 Å². The second kappa shape index (κ2) is 11.7. The van der Waals surface area contributed by atoms with Crippen molar-refractivity contribution in [1.29, 1.82) is 0 Å². The molecule has 30 heavy (non-hydrogen) atoms. The molecule has 0 saturated carbocycles. The summed E-state index contributed by atoms with van der Waals surface area (Å²) in [6.07, 6.45) is 5.23. The molecule has 0 saturated heterocycles. The molecule has 0 N–H and O–H groups in total. The van der Waals surface area contributed by atoms with Crippen LogP contribution in [0.4, 0.5) is 0 Å². The van der Waals surface area contributed by atoms with Gasteiger partial charge in [-0.3, -0.25) is 4.79 Å². The van der Waals surface area contributed by atoms with Crippen LogP contribution in [0.15, 0.2) is 61.7 Å². The molecule has 0 unspecified atom stereocenters. The largest absolute Gasteiger partial charge is 0.685 e. The van der Waals surface area contributed by atoms with Gasteiger partial charge in [-0.1, -0.05) is 31.2 Å². The Hall–Kier alpha value is -3.19. The molecule has 6 nitrogen and oxygen atoms in total. The topological polar surface area (TPSA) is 63.2 Å². The van der Waals surface area contributed by atoms with Crippen molar-refractivity contribution in [2.75, 3.05) is 14.2 Å². The van der Waals surface area contributed by atoms with Crippen molar-refractivity contribution in [2.45, 2.75) is 26.2 Å². The number of carbonyl (C=O) groups excluding carboxylic acids is 1.